The first-order chi connectivity index (χ1) is 8.91. The van der Waals surface area contributed by atoms with E-state index in [1.54, 1.807) is 12.1 Å². The molecule has 0 radical (unpaired) electrons. The van der Waals surface area contributed by atoms with E-state index in [0.717, 1.165) is 8.14 Å². The molecule has 100 valence electrons. The number of hydrogen-bond donors (Lipinski definition) is 1. The van der Waals surface area contributed by atoms with Gasteiger partial charge < -0.3 is 0 Å². The van der Waals surface area contributed by atoms with Crippen molar-refractivity contribution in [1.29, 1.82) is 0 Å². The summed E-state index contributed by atoms with van der Waals surface area (Å²) in [6.45, 7) is 3.72. The lowest BCUT2D eigenvalue weighted by Crippen LogP contribution is -2.36. The molecule has 0 aliphatic carbocycles. The molecule has 4 nitrogen and oxygen atoms in total. The highest BCUT2D eigenvalue weighted by Gasteiger charge is 2.16. The van der Waals surface area contributed by atoms with E-state index < -0.39 is 5.69 Å². The third-order valence-corrected chi connectivity index (χ3v) is 3.77. The van der Waals surface area contributed by atoms with E-state index in [9.17, 15) is 9.59 Å². The van der Waals surface area contributed by atoms with Crippen LogP contribution in [0.15, 0.2) is 33.9 Å². The van der Waals surface area contributed by atoms with Crippen LogP contribution in [0.3, 0.4) is 0 Å². The van der Waals surface area contributed by atoms with Crippen molar-refractivity contribution in [3.63, 3.8) is 0 Å². The number of aromatic nitrogens is 2. The van der Waals surface area contributed by atoms with Crippen LogP contribution in [0.4, 0.5) is 0 Å². The number of H-pyrrole nitrogens is 1. The zero-order chi connectivity index (χ0) is 14.2. The number of benzene rings is 1. The summed E-state index contributed by atoms with van der Waals surface area (Å²) in [4.78, 5) is 26.8. The first-order valence-electron chi connectivity index (χ1n) is 5.72. The lowest BCUT2D eigenvalue weighted by Gasteiger charge is -2.11. The lowest BCUT2D eigenvalue weighted by molar-refractivity contribution is 0.777. The molecular formula is C13H12ClIN2O2. The first kappa shape index (κ1) is 14.3. The fourth-order valence-electron chi connectivity index (χ4n) is 1.85. The maximum atomic E-state index is 12.4. The lowest BCUT2D eigenvalue weighted by atomic mass is 10.1. The van der Waals surface area contributed by atoms with Crippen LogP contribution >= 0.6 is 34.2 Å². The van der Waals surface area contributed by atoms with Gasteiger partial charge in [0.15, 0.2) is 0 Å². The van der Waals surface area contributed by atoms with Crippen molar-refractivity contribution in [1.82, 2.24) is 9.55 Å². The number of nitrogens with zero attached hydrogens (tertiary/aromatic N) is 1. The Morgan fingerprint density at radius 2 is 1.79 bits per heavy atom. The van der Waals surface area contributed by atoms with E-state index >= 15 is 0 Å². The molecule has 1 aromatic carbocycles. The minimum absolute atomic E-state index is 0.0630. The molecule has 0 bridgehead atoms. The van der Waals surface area contributed by atoms with Gasteiger partial charge in [-0.25, -0.2) is 9.36 Å². The molecule has 2 rings (SSSR count). The van der Waals surface area contributed by atoms with Gasteiger partial charge in [-0.05, 0) is 52.8 Å². The molecule has 19 heavy (non-hydrogen) atoms. The van der Waals surface area contributed by atoms with Crippen LogP contribution in [0.2, 0.25) is 5.15 Å². The fraction of sp³-hybridized carbons (Fsp3) is 0.231. The van der Waals surface area contributed by atoms with Crippen LogP contribution < -0.4 is 11.2 Å². The maximum absolute atomic E-state index is 12.4. The highest BCUT2D eigenvalue weighted by atomic mass is 127. The monoisotopic (exact) mass is 390 g/mol. The van der Waals surface area contributed by atoms with Crippen molar-refractivity contribution in [2.45, 2.75) is 19.8 Å². The molecule has 1 heterocycles. The molecule has 0 unspecified atom stereocenters. The molecule has 1 N–H and O–H groups in total. The Kier molecular flexibility index (Phi) is 4.15. The minimum Gasteiger partial charge on any atom is -0.297 e. The second-order valence-electron chi connectivity index (χ2n) is 4.43. The van der Waals surface area contributed by atoms with Crippen molar-refractivity contribution >= 4 is 34.2 Å². The summed E-state index contributed by atoms with van der Waals surface area (Å²) >= 11 is 8.11. The van der Waals surface area contributed by atoms with E-state index in [-0.39, 0.29) is 16.6 Å². The Balaban J connectivity index is 2.78. The average molecular weight is 391 g/mol. The van der Waals surface area contributed by atoms with Crippen LogP contribution in [-0.4, -0.2) is 9.55 Å². The zero-order valence-corrected chi connectivity index (χ0v) is 13.3. The normalized spacial score (nSPS) is 11.0. The Morgan fingerprint density at radius 1 is 1.21 bits per heavy atom. The molecule has 0 spiro atoms. The van der Waals surface area contributed by atoms with Gasteiger partial charge >= 0.3 is 5.69 Å². The molecule has 1 aromatic heterocycles. The molecule has 0 saturated carbocycles. The number of halogens is 2. The van der Waals surface area contributed by atoms with Crippen LogP contribution in [0, 0.1) is 3.57 Å². The predicted octanol–water partition coefficient (Wildman–Crippen LogP) is 2.91. The highest BCUT2D eigenvalue weighted by Crippen LogP contribution is 2.17. The molecule has 0 aliphatic heterocycles. The minimum atomic E-state index is -0.527. The molecule has 0 amide bonds. The summed E-state index contributed by atoms with van der Waals surface area (Å²) in [5.74, 6) is -0.0630. The third-order valence-electron chi connectivity index (χ3n) is 2.75. The average Bonchev–Trinajstić information content (AvgIpc) is 2.30. The van der Waals surface area contributed by atoms with E-state index in [2.05, 4.69) is 27.6 Å². The molecule has 0 aliphatic rings. The van der Waals surface area contributed by atoms with Crippen molar-refractivity contribution in [2.75, 3.05) is 0 Å². The van der Waals surface area contributed by atoms with Gasteiger partial charge in [-0.1, -0.05) is 25.4 Å². The summed E-state index contributed by atoms with van der Waals surface area (Å²) < 4.78 is 2.14. The van der Waals surface area contributed by atoms with E-state index in [4.69, 9.17) is 11.6 Å². The Labute approximate surface area is 128 Å². The largest absolute Gasteiger partial charge is 0.334 e. The van der Waals surface area contributed by atoms with Gasteiger partial charge in [-0.15, -0.1) is 0 Å². The van der Waals surface area contributed by atoms with Gasteiger partial charge in [-0.2, -0.15) is 0 Å². The summed E-state index contributed by atoms with van der Waals surface area (Å²) in [7, 11) is 0. The van der Waals surface area contributed by atoms with Gasteiger partial charge in [0.25, 0.3) is 5.56 Å². The van der Waals surface area contributed by atoms with Crippen LogP contribution in [0.5, 0.6) is 0 Å². The third kappa shape index (κ3) is 2.76. The van der Waals surface area contributed by atoms with Gasteiger partial charge in [0.1, 0.15) is 5.15 Å². The van der Waals surface area contributed by atoms with Crippen molar-refractivity contribution < 1.29 is 0 Å². The molecule has 0 atom stereocenters. The summed E-state index contributed by atoms with van der Waals surface area (Å²) in [5.41, 5.74) is 0.0515. The summed E-state index contributed by atoms with van der Waals surface area (Å²) in [6, 6.07) is 7.14. The Morgan fingerprint density at radius 3 is 2.32 bits per heavy atom. The van der Waals surface area contributed by atoms with Crippen LogP contribution in [0.25, 0.3) is 5.69 Å². The summed E-state index contributed by atoms with van der Waals surface area (Å²) in [5, 5.41) is 0.117. The van der Waals surface area contributed by atoms with Crippen molar-refractivity contribution in [3.8, 4) is 5.69 Å². The van der Waals surface area contributed by atoms with E-state index in [0.29, 0.717) is 11.3 Å². The summed E-state index contributed by atoms with van der Waals surface area (Å²) in [6.07, 6.45) is 0. The Hall–Kier alpha value is -1.08. The molecule has 2 aromatic rings. The van der Waals surface area contributed by atoms with Gasteiger partial charge in [0.05, 0.1) is 11.3 Å². The van der Waals surface area contributed by atoms with Crippen molar-refractivity contribution in [3.05, 3.63) is 59.4 Å². The van der Waals surface area contributed by atoms with Gasteiger partial charge in [0, 0.05) is 3.57 Å². The Bertz CT molecular complexity index is 717. The van der Waals surface area contributed by atoms with E-state index in [1.807, 2.05) is 26.0 Å². The van der Waals surface area contributed by atoms with Gasteiger partial charge in [0.2, 0.25) is 0 Å². The molecule has 6 heteroatoms. The number of hydrogen-bond acceptors (Lipinski definition) is 2. The molecular weight excluding hydrogens is 379 g/mol. The second kappa shape index (κ2) is 5.50. The highest BCUT2D eigenvalue weighted by molar-refractivity contribution is 14.1. The fourth-order valence-corrected chi connectivity index (χ4v) is 2.59. The van der Waals surface area contributed by atoms with Crippen molar-refractivity contribution in [2.24, 2.45) is 0 Å². The standard InChI is InChI=1S/C13H12ClIN2O2/c1-7(2)10-11(14)16-13(19)17(12(10)18)9-5-3-8(15)4-6-9/h3-7H,1-2H3,(H,16,19). The zero-order valence-electron chi connectivity index (χ0n) is 10.4. The predicted molar refractivity (Wildman–Crippen MR) is 84.5 cm³/mol. The molecule has 0 saturated heterocycles. The van der Waals surface area contributed by atoms with Crippen LogP contribution in [0.1, 0.15) is 25.3 Å². The number of nitrogens with one attached hydrogen (secondary N) is 1. The quantitative estimate of drug-likeness (QED) is 0.633. The SMILES string of the molecule is CC(C)c1c(Cl)[nH]c(=O)n(-c2ccc(I)cc2)c1=O. The second-order valence-corrected chi connectivity index (χ2v) is 6.05. The van der Waals surface area contributed by atoms with E-state index in [1.165, 1.54) is 0 Å². The van der Waals surface area contributed by atoms with Gasteiger partial charge in [-0.3, -0.25) is 9.78 Å². The molecule has 0 fully saturated rings. The first-order valence-corrected chi connectivity index (χ1v) is 7.18. The smallest absolute Gasteiger partial charge is 0.297 e. The maximum Gasteiger partial charge on any atom is 0.334 e. The topological polar surface area (TPSA) is 54.9 Å². The number of aromatic amines is 1. The van der Waals surface area contributed by atoms with Crippen LogP contribution in [-0.2, 0) is 0 Å². The number of rotatable bonds is 2.